The minimum Gasteiger partial charge on any atom is -0.477 e. The van der Waals surface area contributed by atoms with Gasteiger partial charge in [-0.3, -0.25) is 19.3 Å². The number of hydrogen-bond donors (Lipinski definition) is 3. The molecule has 1 saturated heterocycles. The van der Waals surface area contributed by atoms with Gasteiger partial charge in [-0.15, -0.1) is 23.1 Å². The van der Waals surface area contributed by atoms with E-state index < -0.39 is 35.2 Å². The van der Waals surface area contributed by atoms with Gasteiger partial charge in [-0.1, -0.05) is 5.16 Å². The van der Waals surface area contributed by atoms with Gasteiger partial charge in [-0.05, 0) is 0 Å². The van der Waals surface area contributed by atoms with Gasteiger partial charge in [0.2, 0.25) is 0 Å². The number of nitrogens with two attached hydrogens (primary N) is 1. The summed E-state index contributed by atoms with van der Waals surface area (Å²) in [5, 5.41) is 16.9. The topological polar surface area (TPSA) is 174 Å². The molecule has 4 N–H and O–H groups in total. The van der Waals surface area contributed by atoms with Crippen molar-refractivity contribution in [3.63, 3.8) is 0 Å². The van der Waals surface area contributed by atoms with Gasteiger partial charge in [0, 0.05) is 23.6 Å². The van der Waals surface area contributed by atoms with Crippen LogP contribution in [0.1, 0.15) is 12.6 Å². The van der Waals surface area contributed by atoms with Gasteiger partial charge in [-0.25, -0.2) is 9.78 Å². The summed E-state index contributed by atoms with van der Waals surface area (Å²) in [4.78, 5) is 57.8. The second-order valence-electron chi connectivity index (χ2n) is 6.09. The first-order chi connectivity index (χ1) is 14.2. The monoisotopic (exact) mass is 478 g/mol. The molecule has 1 aromatic rings. The number of carbonyl (C=O) groups is 4. The Morgan fingerprint density at radius 1 is 1.45 bits per heavy atom. The minimum absolute atomic E-state index is 0. The molecule has 15 heteroatoms. The zero-order chi connectivity index (χ0) is 22.0. The number of fused-ring (bicyclic) bond motifs is 1. The number of esters is 1. The Bertz CT molecular complexity index is 979. The molecule has 0 radical (unpaired) electrons. The van der Waals surface area contributed by atoms with E-state index >= 15 is 0 Å². The molecule has 0 unspecified atom stereocenters. The SMILES string of the molecule is CO/N=C(\C(=O)N[C@@H]1C(=O)N2C(C(=O)O)=C(COC(C)=O)CS[C@H]12)c1csc(N)n1.[Na+]. The summed E-state index contributed by atoms with van der Waals surface area (Å²) in [6.45, 7) is 0.975. The van der Waals surface area contributed by atoms with Crippen LogP contribution in [0.15, 0.2) is 21.8 Å². The normalized spacial score (nSPS) is 20.3. The number of rotatable bonds is 7. The smallest absolute Gasteiger partial charge is 0.477 e. The van der Waals surface area contributed by atoms with E-state index in [0.29, 0.717) is 5.57 Å². The number of carbonyl (C=O) groups excluding carboxylic acids is 3. The third-order valence-corrected chi connectivity index (χ3v) is 6.16. The van der Waals surface area contributed by atoms with Crippen LogP contribution >= 0.6 is 23.1 Å². The van der Waals surface area contributed by atoms with Crippen molar-refractivity contribution in [1.82, 2.24) is 15.2 Å². The molecule has 0 bridgehead atoms. The zero-order valence-corrected chi connectivity index (χ0v) is 20.4. The molecule has 0 saturated carbocycles. The number of nitrogens with zero attached hydrogens (tertiary/aromatic N) is 3. The Balaban J connectivity index is 0.00000341. The second kappa shape index (κ2) is 10.5. The quantitative estimate of drug-likeness (QED) is 0.117. The van der Waals surface area contributed by atoms with Crippen molar-refractivity contribution in [2.75, 3.05) is 25.2 Å². The van der Waals surface area contributed by atoms with E-state index in [9.17, 15) is 24.3 Å². The molecular formula is C16H17N5NaO7S2+. The Morgan fingerprint density at radius 3 is 2.71 bits per heavy atom. The Labute approximate surface area is 206 Å². The van der Waals surface area contributed by atoms with Crippen LogP contribution in [-0.2, 0) is 28.8 Å². The van der Waals surface area contributed by atoms with Crippen LogP contribution in [0.5, 0.6) is 0 Å². The maximum Gasteiger partial charge on any atom is 1.00 e. The summed E-state index contributed by atoms with van der Waals surface area (Å²) in [5.41, 5.74) is 5.67. The number of β-lactam (4-membered cyclic amide) rings is 1. The molecule has 2 amide bonds. The summed E-state index contributed by atoms with van der Waals surface area (Å²) < 4.78 is 4.88. The number of thioether (sulfide) groups is 1. The number of amides is 2. The first-order valence-electron chi connectivity index (χ1n) is 8.41. The number of aliphatic carboxylic acids is 1. The number of aromatic nitrogens is 1. The largest absolute Gasteiger partial charge is 1.00 e. The van der Waals surface area contributed by atoms with E-state index in [0.717, 1.165) is 16.2 Å². The molecule has 0 aliphatic carbocycles. The average Bonchev–Trinajstić information content (AvgIpc) is 3.13. The third kappa shape index (κ3) is 5.20. The first-order valence-corrected chi connectivity index (χ1v) is 10.3. The molecule has 0 spiro atoms. The predicted molar refractivity (Wildman–Crippen MR) is 106 cm³/mol. The van der Waals surface area contributed by atoms with E-state index in [1.54, 1.807) is 0 Å². The van der Waals surface area contributed by atoms with Gasteiger partial charge in [0.25, 0.3) is 11.8 Å². The van der Waals surface area contributed by atoms with E-state index in [1.807, 2.05) is 0 Å². The molecule has 31 heavy (non-hydrogen) atoms. The van der Waals surface area contributed by atoms with Gasteiger partial charge < -0.3 is 25.7 Å². The van der Waals surface area contributed by atoms with Crippen LogP contribution in [-0.4, -0.2) is 75.3 Å². The van der Waals surface area contributed by atoms with Gasteiger partial charge >= 0.3 is 41.5 Å². The van der Waals surface area contributed by atoms with Crippen molar-refractivity contribution in [2.45, 2.75) is 18.3 Å². The van der Waals surface area contributed by atoms with Crippen molar-refractivity contribution in [1.29, 1.82) is 0 Å². The standard InChI is InChI=1S/C16H17N5O7S2.Na/c1-6(22)28-3-7-4-29-14-10(13(24)21(14)11(7)15(25)26)19-12(23)9(20-27-2)8-5-30-16(17)18-8;/h5,10,14H,3-4H2,1-2H3,(H2,17,18)(H,19,23)(H,25,26);/q;+1/b20-9-;/t10-,14-;/m1./s1. The Kier molecular flexibility index (Phi) is 8.48. The molecule has 1 aromatic heterocycles. The van der Waals surface area contributed by atoms with Crippen molar-refractivity contribution >= 4 is 57.7 Å². The zero-order valence-electron chi connectivity index (χ0n) is 16.8. The van der Waals surface area contributed by atoms with Crippen molar-refractivity contribution < 1.29 is 63.4 Å². The summed E-state index contributed by atoms with van der Waals surface area (Å²) in [6.07, 6.45) is 0. The number of nitrogens with one attached hydrogen (secondary N) is 1. The van der Waals surface area contributed by atoms with Crippen LogP contribution in [0, 0.1) is 0 Å². The van der Waals surface area contributed by atoms with E-state index in [-0.39, 0.29) is 64.2 Å². The minimum atomic E-state index is -1.32. The van der Waals surface area contributed by atoms with Crippen LogP contribution in [0.25, 0.3) is 0 Å². The molecular weight excluding hydrogens is 461 g/mol. The van der Waals surface area contributed by atoms with Crippen LogP contribution in [0.3, 0.4) is 0 Å². The van der Waals surface area contributed by atoms with Crippen LogP contribution < -0.4 is 40.6 Å². The van der Waals surface area contributed by atoms with Gasteiger partial charge in [0.15, 0.2) is 10.8 Å². The maximum atomic E-state index is 12.7. The fourth-order valence-electron chi connectivity index (χ4n) is 2.88. The number of anilines is 1. The fraction of sp³-hybridized carbons (Fsp3) is 0.375. The van der Waals surface area contributed by atoms with E-state index in [4.69, 9.17) is 10.5 Å². The van der Waals surface area contributed by atoms with Crippen molar-refractivity contribution in [2.24, 2.45) is 5.16 Å². The first kappa shape index (κ1) is 25.1. The molecule has 2 aliphatic heterocycles. The van der Waals surface area contributed by atoms with E-state index in [2.05, 4.69) is 20.3 Å². The maximum absolute atomic E-state index is 12.7. The average molecular weight is 478 g/mol. The molecule has 3 heterocycles. The summed E-state index contributed by atoms with van der Waals surface area (Å²) in [6, 6.07) is -0.967. The fourth-order valence-corrected chi connectivity index (χ4v) is 4.76. The van der Waals surface area contributed by atoms with Gasteiger partial charge in [0.1, 0.15) is 36.5 Å². The van der Waals surface area contributed by atoms with E-state index in [1.165, 1.54) is 31.2 Å². The van der Waals surface area contributed by atoms with Crippen molar-refractivity contribution in [3.8, 4) is 0 Å². The molecule has 2 aliphatic rings. The number of nitrogen functional groups attached to an aromatic ring is 1. The third-order valence-electron chi connectivity index (χ3n) is 4.15. The van der Waals surface area contributed by atoms with Gasteiger partial charge in [0.05, 0.1) is 0 Å². The number of hydrogen-bond acceptors (Lipinski definition) is 11. The number of carboxylic acid groups (broad SMARTS) is 1. The molecule has 160 valence electrons. The molecule has 1 fully saturated rings. The Hall–Kier alpha value is -2.13. The molecule has 2 atom stereocenters. The summed E-state index contributed by atoms with van der Waals surface area (Å²) in [5.74, 6) is -2.98. The van der Waals surface area contributed by atoms with Crippen LogP contribution in [0.2, 0.25) is 0 Å². The van der Waals surface area contributed by atoms with Crippen LogP contribution in [0.4, 0.5) is 5.13 Å². The number of carboxylic acids is 1. The summed E-state index contributed by atoms with van der Waals surface area (Å²) in [7, 11) is 1.25. The molecule has 12 nitrogen and oxygen atoms in total. The van der Waals surface area contributed by atoms with Gasteiger partial charge in [-0.2, -0.15) is 0 Å². The molecule has 0 aromatic carbocycles. The molecule has 3 rings (SSSR count). The number of thiazole rings is 1. The Morgan fingerprint density at radius 2 is 2.16 bits per heavy atom. The second-order valence-corrected chi connectivity index (χ2v) is 8.09. The van der Waals surface area contributed by atoms with Crippen molar-refractivity contribution in [3.05, 3.63) is 22.3 Å². The summed E-state index contributed by atoms with van der Waals surface area (Å²) >= 11 is 2.35. The number of ether oxygens (including phenoxy) is 1. The number of oxime groups is 1. The predicted octanol–water partition coefficient (Wildman–Crippen LogP) is -3.62.